The average Bonchev–Trinajstić information content (AvgIpc) is 3.24. The number of nitrogens with zero attached hydrogens (tertiary/aromatic N) is 1. The van der Waals surface area contributed by atoms with Crippen molar-refractivity contribution in [2.75, 3.05) is 11.4 Å². The Labute approximate surface area is 162 Å². The van der Waals surface area contributed by atoms with Crippen LogP contribution in [-0.2, 0) is 22.6 Å². The number of aryl methyl sites for hydroxylation is 1. The van der Waals surface area contributed by atoms with Gasteiger partial charge in [-0.15, -0.1) is 0 Å². The van der Waals surface area contributed by atoms with Crippen molar-refractivity contribution in [1.82, 2.24) is 10.3 Å². The summed E-state index contributed by atoms with van der Waals surface area (Å²) in [6.07, 6.45) is 1.69. The number of hydrogen-bond acceptors (Lipinski definition) is 2. The monoisotopic (exact) mass is 379 g/mol. The van der Waals surface area contributed by atoms with Gasteiger partial charge in [-0.2, -0.15) is 0 Å². The van der Waals surface area contributed by atoms with E-state index in [0.717, 1.165) is 46.4 Å². The first kappa shape index (κ1) is 18.2. The van der Waals surface area contributed by atoms with E-state index in [-0.39, 0.29) is 24.1 Å². The summed E-state index contributed by atoms with van der Waals surface area (Å²) >= 11 is 0. The van der Waals surface area contributed by atoms with Crippen LogP contribution in [0.15, 0.2) is 42.5 Å². The van der Waals surface area contributed by atoms with E-state index in [1.165, 1.54) is 12.1 Å². The zero-order valence-electron chi connectivity index (χ0n) is 15.7. The molecule has 28 heavy (non-hydrogen) atoms. The van der Waals surface area contributed by atoms with Crippen LogP contribution in [-0.4, -0.2) is 23.3 Å². The van der Waals surface area contributed by atoms with E-state index in [2.05, 4.69) is 10.3 Å². The molecule has 3 aromatic rings. The number of aromatic nitrogens is 1. The molecule has 1 fully saturated rings. The molecule has 0 bridgehead atoms. The Hall–Kier alpha value is -3.15. The molecule has 0 aliphatic carbocycles. The van der Waals surface area contributed by atoms with Crippen molar-refractivity contribution in [1.29, 1.82) is 0 Å². The largest absolute Gasteiger partial charge is 0.358 e. The lowest BCUT2D eigenvalue weighted by Crippen LogP contribution is -2.25. The number of benzene rings is 2. The van der Waals surface area contributed by atoms with Crippen molar-refractivity contribution in [2.45, 2.75) is 32.7 Å². The van der Waals surface area contributed by atoms with E-state index in [0.29, 0.717) is 13.0 Å². The SMILES string of the molecule is Cc1[nH]c2ccc(F)cc2c1CC(=O)NCc1ccc(N2CCCC2=O)cc1. The number of aromatic amines is 1. The number of halogens is 1. The molecular weight excluding hydrogens is 357 g/mol. The molecule has 2 N–H and O–H groups in total. The van der Waals surface area contributed by atoms with Crippen LogP contribution in [0.2, 0.25) is 0 Å². The van der Waals surface area contributed by atoms with Gasteiger partial charge in [0.2, 0.25) is 11.8 Å². The minimum absolute atomic E-state index is 0.118. The highest BCUT2D eigenvalue weighted by Crippen LogP contribution is 2.24. The summed E-state index contributed by atoms with van der Waals surface area (Å²) in [6.45, 7) is 3.06. The van der Waals surface area contributed by atoms with Crippen LogP contribution >= 0.6 is 0 Å². The maximum absolute atomic E-state index is 13.6. The molecule has 2 aromatic carbocycles. The smallest absolute Gasteiger partial charge is 0.227 e. The molecule has 2 heterocycles. The Bertz CT molecular complexity index is 1040. The van der Waals surface area contributed by atoms with Crippen LogP contribution in [0.1, 0.15) is 29.7 Å². The minimum atomic E-state index is -0.315. The summed E-state index contributed by atoms with van der Waals surface area (Å²) in [5.41, 5.74) is 4.37. The first-order valence-electron chi connectivity index (χ1n) is 9.44. The molecular formula is C22H22FN3O2. The van der Waals surface area contributed by atoms with Crippen LogP contribution in [0.3, 0.4) is 0 Å². The summed E-state index contributed by atoms with van der Waals surface area (Å²) in [7, 11) is 0. The predicted molar refractivity (Wildman–Crippen MR) is 107 cm³/mol. The van der Waals surface area contributed by atoms with Crippen molar-refractivity contribution < 1.29 is 14.0 Å². The van der Waals surface area contributed by atoms with E-state index in [9.17, 15) is 14.0 Å². The van der Waals surface area contributed by atoms with Gasteiger partial charge in [0.15, 0.2) is 0 Å². The lowest BCUT2D eigenvalue weighted by molar-refractivity contribution is -0.120. The van der Waals surface area contributed by atoms with Gasteiger partial charge < -0.3 is 15.2 Å². The van der Waals surface area contributed by atoms with Gasteiger partial charge in [0.1, 0.15) is 5.82 Å². The third kappa shape index (κ3) is 3.63. The molecule has 6 heteroatoms. The molecule has 0 spiro atoms. The zero-order valence-corrected chi connectivity index (χ0v) is 15.7. The van der Waals surface area contributed by atoms with Gasteiger partial charge in [-0.05, 0) is 54.8 Å². The number of rotatable bonds is 5. The lowest BCUT2D eigenvalue weighted by atomic mass is 10.1. The van der Waals surface area contributed by atoms with Gasteiger partial charge in [0.05, 0.1) is 6.42 Å². The van der Waals surface area contributed by atoms with Crippen LogP contribution in [0.5, 0.6) is 0 Å². The van der Waals surface area contributed by atoms with Crippen LogP contribution < -0.4 is 10.2 Å². The molecule has 1 aliphatic rings. The molecule has 4 rings (SSSR count). The van der Waals surface area contributed by atoms with Crippen molar-refractivity contribution >= 4 is 28.4 Å². The number of hydrogen-bond donors (Lipinski definition) is 2. The third-order valence-electron chi connectivity index (χ3n) is 5.23. The number of fused-ring (bicyclic) bond motifs is 1. The Balaban J connectivity index is 1.39. The Morgan fingerprint density at radius 2 is 2.00 bits per heavy atom. The molecule has 0 saturated carbocycles. The van der Waals surface area contributed by atoms with E-state index < -0.39 is 0 Å². The van der Waals surface area contributed by atoms with Crippen LogP contribution in [0, 0.1) is 12.7 Å². The number of carbonyl (C=O) groups excluding carboxylic acids is 2. The standard InChI is InChI=1S/C22H22FN3O2/c1-14-18(19-11-16(23)6-9-20(19)25-14)12-21(27)24-13-15-4-7-17(8-5-15)26-10-2-3-22(26)28/h4-9,11,25H,2-3,10,12-13H2,1H3,(H,24,27). The predicted octanol–water partition coefficient (Wildman–Crippen LogP) is 3.60. The maximum atomic E-state index is 13.6. The molecule has 0 atom stereocenters. The molecule has 1 saturated heterocycles. The van der Waals surface area contributed by atoms with Gasteiger partial charge in [0, 0.05) is 41.8 Å². The minimum Gasteiger partial charge on any atom is -0.358 e. The van der Waals surface area contributed by atoms with E-state index >= 15 is 0 Å². The maximum Gasteiger partial charge on any atom is 0.227 e. The second-order valence-electron chi connectivity index (χ2n) is 7.19. The molecule has 5 nitrogen and oxygen atoms in total. The van der Waals surface area contributed by atoms with Crippen LogP contribution in [0.25, 0.3) is 10.9 Å². The summed E-state index contributed by atoms with van der Waals surface area (Å²) in [5.74, 6) is -0.275. The van der Waals surface area contributed by atoms with Crippen LogP contribution in [0.4, 0.5) is 10.1 Å². The number of anilines is 1. The number of nitrogens with one attached hydrogen (secondary N) is 2. The Morgan fingerprint density at radius 3 is 2.71 bits per heavy atom. The summed E-state index contributed by atoms with van der Waals surface area (Å²) in [5, 5.41) is 3.66. The Morgan fingerprint density at radius 1 is 1.21 bits per heavy atom. The fourth-order valence-corrected chi connectivity index (χ4v) is 3.72. The fourth-order valence-electron chi connectivity index (χ4n) is 3.72. The quantitative estimate of drug-likeness (QED) is 0.711. The fraction of sp³-hybridized carbons (Fsp3) is 0.273. The van der Waals surface area contributed by atoms with Crippen molar-refractivity contribution in [3.05, 3.63) is 65.1 Å². The van der Waals surface area contributed by atoms with E-state index in [1.807, 2.05) is 31.2 Å². The molecule has 0 unspecified atom stereocenters. The Kier molecular flexibility index (Phi) is 4.86. The molecule has 144 valence electrons. The normalized spacial score (nSPS) is 14.1. The highest BCUT2D eigenvalue weighted by Gasteiger charge is 2.21. The molecule has 0 radical (unpaired) electrons. The van der Waals surface area contributed by atoms with Crippen molar-refractivity contribution in [3.8, 4) is 0 Å². The van der Waals surface area contributed by atoms with Gasteiger partial charge in [-0.3, -0.25) is 9.59 Å². The highest BCUT2D eigenvalue weighted by molar-refractivity contribution is 5.95. The highest BCUT2D eigenvalue weighted by atomic mass is 19.1. The number of amides is 2. The zero-order chi connectivity index (χ0) is 19.7. The van der Waals surface area contributed by atoms with Crippen molar-refractivity contribution in [3.63, 3.8) is 0 Å². The number of carbonyl (C=O) groups is 2. The van der Waals surface area contributed by atoms with Gasteiger partial charge in [-0.1, -0.05) is 12.1 Å². The van der Waals surface area contributed by atoms with E-state index in [1.54, 1.807) is 11.0 Å². The summed E-state index contributed by atoms with van der Waals surface area (Å²) in [4.78, 5) is 29.2. The molecule has 1 aliphatic heterocycles. The molecule has 1 aromatic heterocycles. The second-order valence-corrected chi connectivity index (χ2v) is 7.19. The lowest BCUT2D eigenvalue weighted by Gasteiger charge is -2.16. The topological polar surface area (TPSA) is 65.2 Å². The first-order valence-corrected chi connectivity index (χ1v) is 9.44. The van der Waals surface area contributed by atoms with Crippen molar-refractivity contribution in [2.24, 2.45) is 0 Å². The molecule has 2 amide bonds. The number of H-pyrrole nitrogens is 1. The summed E-state index contributed by atoms with van der Waals surface area (Å²) in [6, 6.07) is 12.2. The second kappa shape index (κ2) is 7.46. The van der Waals surface area contributed by atoms with E-state index in [4.69, 9.17) is 0 Å². The van der Waals surface area contributed by atoms with Gasteiger partial charge >= 0.3 is 0 Å². The first-order chi connectivity index (χ1) is 13.5. The summed E-state index contributed by atoms with van der Waals surface area (Å²) < 4.78 is 13.6. The van der Waals surface area contributed by atoms with Gasteiger partial charge in [-0.25, -0.2) is 4.39 Å². The average molecular weight is 379 g/mol. The third-order valence-corrected chi connectivity index (χ3v) is 5.23. The van der Waals surface area contributed by atoms with Gasteiger partial charge in [0.25, 0.3) is 0 Å².